The average Bonchev–Trinajstić information content (AvgIpc) is 3.31. The Morgan fingerprint density at radius 3 is 2.59 bits per heavy atom. The van der Waals surface area contributed by atoms with Crippen LogP contribution in [0.2, 0.25) is 0 Å². The van der Waals surface area contributed by atoms with Gasteiger partial charge in [-0.25, -0.2) is 8.42 Å². The number of fused-ring (bicyclic) bond motifs is 3. The molecule has 3 N–H and O–H groups in total. The van der Waals surface area contributed by atoms with Gasteiger partial charge in [-0.2, -0.15) is 0 Å². The number of aryl methyl sites for hydroxylation is 2. The van der Waals surface area contributed by atoms with E-state index in [4.69, 9.17) is 4.74 Å². The van der Waals surface area contributed by atoms with E-state index in [1.165, 1.54) is 7.11 Å². The van der Waals surface area contributed by atoms with Gasteiger partial charge >= 0.3 is 0 Å². The van der Waals surface area contributed by atoms with Crippen LogP contribution in [0.25, 0.3) is 0 Å². The zero-order chi connectivity index (χ0) is 24.0. The standard InChI is InChI=1S/C27H28N2O4S/c1-16-7-9-19(13-17(16)2)29-34(31,32)20-10-11-24-23(15-20)21-5-4-6-22(21)27(28-24)18-8-12-26(33-3)25(30)14-18/h4-5,7-15,21-22,27-30H,6H2,1-3H3. The number of anilines is 2. The molecule has 5 rings (SSSR count). The van der Waals surface area contributed by atoms with Crippen molar-refractivity contribution >= 4 is 21.4 Å². The molecule has 34 heavy (non-hydrogen) atoms. The summed E-state index contributed by atoms with van der Waals surface area (Å²) in [5, 5.41) is 13.9. The second-order valence-electron chi connectivity index (χ2n) is 9.06. The summed E-state index contributed by atoms with van der Waals surface area (Å²) in [4.78, 5) is 0.242. The normalized spacial score (nSPS) is 20.9. The van der Waals surface area contributed by atoms with Gasteiger partial charge in [0.05, 0.1) is 18.0 Å². The van der Waals surface area contributed by atoms with Crippen LogP contribution < -0.4 is 14.8 Å². The third-order valence-corrected chi connectivity index (χ3v) is 8.34. The molecule has 3 aromatic rings. The lowest BCUT2D eigenvalue weighted by Gasteiger charge is -2.37. The Balaban J connectivity index is 1.47. The number of benzene rings is 3. The maximum atomic E-state index is 13.2. The first-order valence-electron chi connectivity index (χ1n) is 11.3. The molecule has 1 aliphatic heterocycles. The molecule has 0 bridgehead atoms. The van der Waals surface area contributed by atoms with Crippen LogP contribution in [0, 0.1) is 19.8 Å². The lowest BCUT2D eigenvalue weighted by atomic mass is 9.77. The van der Waals surface area contributed by atoms with Crippen LogP contribution in [0.4, 0.5) is 11.4 Å². The van der Waals surface area contributed by atoms with Crippen molar-refractivity contribution < 1.29 is 18.3 Å². The monoisotopic (exact) mass is 476 g/mol. The van der Waals surface area contributed by atoms with Gasteiger partial charge in [0, 0.05) is 17.3 Å². The fourth-order valence-electron chi connectivity index (χ4n) is 4.99. The number of rotatable bonds is 5. The number of ether oxygens (including phenoxy) is 1. The summed E-state index contributed by atoms with van der Waals surface area (Å²) in [7, 11) is -2.20. The van der Waals surface area contributed by atoms with Gasteiger partial charge in [0.25, 0.3) is 10.0 Å². The number of hydrogen-bond donors (Lipinski definition) is 3. The van der Waals surface area contributed by atoms with Gasteiger partial charge in [0.2, 0.25) is 0 Å². The van der Waals surface area contributed by atoms with E-state index in [2.05, 4.69) is 22.2 Å². The fraction of sp³-hybridized carbons (Fsp3) is 0.259. The molecule has 0 radical (unpaired) electrons. The smallest absolute Gasteiger partial charge is 0.261 e. The predicted molar refractivity (Wildman–Crippen MR) is 134 cm³/mol. The van der Waals surface area contributed by atoms with Gasteiger partial charge < -0.3 is 15.2 Å². The number of phenolic OH excluding ortho intramolecular Hbond substituents is 1. The Morgan fingerprint density at radius 1 is 1.03 bits per heavy atom. The van der Waals surface area contributed by atoms with Crippen molar-refractivity contribution in [3.63, 3.8) is 0 Å². The van der Waals surface area contributed by atoms with Crippen LogP contribution in [-0.2, 0) is 10.0 Å². The van der Waals surface area contributed by atoms with E-state index >= 15 is 0 Å². The van der Waals surface area contributed by atoms with Gasteiger partial charge in [-0.05, 0) is 90.9 Å². The molecular weight excluding hydrogens is 448 g/mol. The molecule has 0 amide bonds. The first-order chi connectivity index (χ1) is 16.3. The van der Waals surface area contributed by atoms with Crippen molar-refractivity contribution in [2.45, 2.75) is 37.1 Å². The maximum absolute atomic E-state index is 13.2. The lowest BCUT2D eigenvalue weighted by Crippen LogP contribution is -2.29. The molecule has 1 heterocycles. The predicted octanol–water partition coefficient (Wildman–Crippen LogP) is 5.64. The number of phenols is 1. The van der Waals surface area contributed by atoms with Crippen molar-refractivity contribution in [2.24, 2.45) is 5.92 Å². The van der Waals surface area contributed by atoms with Gasteiger partial charge in [-0.3, -0.25) is 4.72 Å². The van der Waals surface area contributed by atoms with E-state index in [0.29, 0.717) is 11.4 Å². The molecule has 6 nitrogen and oxygen atoms in total. The Bertz CT molecular complexity index is 1400. The maximum Gasteiger partial charge on any atom is 0.261 e. The Hall–Kier alpha value is -3.45. The zero-order valence-electron chi connectivity index (χ0n) is 19.4. The van der Waals surface area contributed by atoms with E-state index in [1.54, 1.807) is 30.3 Å². The molecule has 2 aliphatic rings. The van der Waals surface area contributed by atoms with E-state index in [-0.39, 0.29) is 28.5 Å². The Kier molecular flexibility index (Phi) is 5.52. The highest BCUT2D eigenvalue weighted by molar-refractivity contribution is 7.92. The van der Waals surface area contributed by atoms with E-state index in [1.807, 2.05) is 38.1 Å². The Labute approximate surface area is 200 Å². The van der Waals surface area contributed by atoms with Crippen LogP contribution in [0.15, 0.2) is 71.6 Å². The van der Waals surface area contributed by atoms with Crippen molar-refractivity contribution in [3.05, 3.63) is 89.0 Å². The molecule has 0 saturated carbocycles. The molecule has 3 aromatic carbocycles. The van der Waals surface area contributed by atoms with Gasteiger partial charge in [-0.1, -0.05) is 24.3 Å². The quantitative estimate of drug-likeness (QED) is 0.415. The third kappa shape index (κ3) is 3.90. The second kappa shape index (κ2) is 8.40. The number of hydrogen-bond acceptors (Lipinski definition) is 5. The average molecular weight is 477 g/mol. The minimum atomic E-state index is -3.73. The number of aromatic hydroxyl groups is 1. The minimum Gasteiger partial charge on any atom is -0.504 e. The van der Waals surface area contributed by atoms with Crippen LogP contribution in [-0.4, -0.2) is 20.6 Å². The fourth-order valence-corrected chi connectivity index (χ4v) is 6.07. The van der Waals surface area contributed by atoms with E-state index in [0.717, 1.165) is 34.4 Å². The summed E-state index contributed by atoms with van der Waals surface area (Å²) in [6, 6.07) is 16.2. The zero-order valence-corrected chi connectivity index (χ0v) is 20.2. The first kappa shape index (κ1) is 22.3. The van der Waals surface area contributed by atoms with E-state index in [9.17, 15) is 13.5 Å². The van der Waals surface area contributed by atoms with Crippen LogP contribution in [0.1, 0.15) is 40.6 Å². The molecule has 0 spiro atoms. The molecule has 3 atom stereocenters. The molecule has 3 unspecified atom stereocenters. The summed E-state index contributed by atoms with van der Waals surface area (Å²) >= 11 is 0. The number of nitrogens with one attached hydrogen (secondary N) is 2. The molecular formula is C27H28N2O4S. The van der Waals surface area contributed by atoms with Crippen molar-refractivity contribution in [3.8, 4) is 11.5 Å². The summed E-state index contributed by atoms with van der Waals surface area (Å²) in [5.74, 6) is 0.842. The van der Waals surface area contributed by atoms with Crippen LogP contribution in [0.5, 0.6) is 11.5 Å². The summed E-state index contributed by atoms with van der Waals surface area (Å²) in [6.07, 6.45) is 5.18. The lowest BCUT2D eigenvalue weighted by molar-refractivity contribution is 0.371. The van der Waals surface area contributed by atoms with Gasteiger partial charge in [-0.15, -0.1) is 0 Å². The highest BCUT2D eigenvalue weighted by Crippen LogP contribution is 2.50. The summed E-state index contributed by atoms with van der Waals surface area (Å²) < 4.78 is 34.2. The van der Waals surface area contributed by atoms with Crippen molar-refractivity contribution in [1.29, 1.82) is 0 Å². The summed E-state index contributed by atoms with van der Waals surface area (Å²) in [6.45, 7) is 3.96. The SMILES string of the molecule is COc1ccc(C2Nc3ccc(S(=O)(=O)Nc4ccc(C)c(C)c4)cc3C3C=CCC32)cc1O. The number of sulfonamides is 1. The van der Waals surface area contributed by atoms with Crippen LogP contribution >= 0.6 is 0 Å². The first-order valence-corrected chi connectivity index (χ1v) is 12.8. The molecule has 0 aromatic heterocycles. The third-order valence-electron chi connectivity index (χ3n) is 6.97. The van der Waals surface area contributed by atoms with E-state index < -0.39 is 10.0 Å². The molecule has 7 heteroatoms. The van der Waals surface area contributed by atoms with Gasteiger partial charge in [0.15, 0.2) is 11.5 Å². The molecule has 0 saturated heterocycles. The Morgan fingerprint density at radius 2 is 1.85 bits per heavy atom. The molecule has 0 fully saturated rings. The summed E-state index contributed by atoms with van der Waals surface area (Å²) in [5.41, 5.74) is 5.53. The largest absolute Gasteiger partial charge is 0.504 e. The topological polar surface area (TPSA) is 87.7 Å². The highest BCUT2D eigenvalue weighted by Gasteiger charge is 2.38. The molecule has 176 valence electrons. The van der Waals surface area contributed by atoms with Crippen molar-refractivity contribution in [1.82, 2.24) is 0 Å². The number of methoxy groups -OCH3 is 1. The van der Waals surface area contributed by atoms with Crippen LogP contribution in [0.3, 0.4) is 0 Å². The number of allylic oxidation sites excluding steroid dienone is 2. The highest BCUT2D eigenvalue weighted by atomic mass is 32.2. The van der Waals surface area contributed by atoms with Crippen molar-refractivity contribution in [2.75, 3.05) is 17.1 Å². The second-order valence-corrected chi connectivity index (χ2v) is 10.7. The van der Waals surface area contributed by atoms with Gasteiger partial charge in [0.1, 0.15) is 0 Å². The molecule has 1 aliphatic carbocycles. The minimum absolute atomic E-state index is 0.0135.